The molecule has 2 atom stereocenters. The molecule has 1 saturated heterocycles. The highest BCUT2D eigenvalue weighted by Gasteiger charge is 2.38. The minimum atomic E-state index is -0.615. The van der Waals surface area contributed by atoms with Crippen LogP contribution >= 0.6 is 7.92 Å². The van der Waals surface area contributed by atoms with Crippen LogP contribution in [0.4, 0.5) is 0 Å². The van der Waals surface area contributed by atoms with E-state index in [9.17, 15) is 0 Å². The summed E-state index contributed by atoms with van der Waals surface area (Å²) in [5, 5.41) is 2.69. The third kappa shape index (κ3) is 3.91. The van der Waals surface area contributed by atoms with E-state index in [1.165, 1.54) is 10.6 Å². The maximum atomic E-state index is 6.52. The lowest BCUT2D eigenvalue weighted by atomic mass is 9.77. The summed E-state index contributed by atoms with van der Waals surface area (Å²) in [4.78, 5) is 0. The summed E-state index contributed by atoms with van der Waals surface area (Å²) in [6, 6.07) is 31.7. The van der Waals surface area contributed by atoms with E-state index in [0.29, 0.717) is 0 Å². The maximum absolute atomic E-state index is 6.52. The summed E-state index contributed by atoms with van der Waals surface area (Å²) in [7, 11) is -0.918. The van der Waals surface area contributed by atoms with Gasteiger partial charge in [-0.2, -0.15) is 0 Å². The quantitative estimate of drug-likeness (QED) is 0.522. The average Bonchev–Trinajstić information content (AvgIpc) is 2.70. The van der Waals surface area contributed by atoms with E-state index in [4.69, 9.17) is 9.31 Å². The number of hydrogen-bond acceptors (Lipinski definition) is 2. The van der Waals surface area contributed by atoms with Gasteiger partial charge in [-0.15, -0.1) is 0 Å². The van der Waals surface area contributed by atoms with Gasteiger partial charge in [0.15, 0.2) is 0 Å². The predicted molar refractivity (Wildman–Crippen MR) is 111 cm³/mol. The van der Waals surface area contributed by atoms with Gasteiger partial charge in [-0.3, -0.25) is 0 Å². The van der Waals surface area contributed by atoms with Crippen molar-refractivity contribution in [2.75, 3.05) is 0 Å². The molecule has 0 amide bonds. The zero-order valence-electron chi connectivity index (χ0n) is 14.9. The van der Waals surface area contributed by atoms with Gasteiger partial charge in [-0.1, -0.05) is 91.0 Å². The lowest BCUT2D eigenvalue weighted by Crippen LogP contribution is -2.48. The Hall–Kier alpha value is -1.93. The van der Waals surface area contributed by atoms with E-state index >= 15 is 0 Å². The van der Waals surface area contributed by atoms with Crippen LogP contribution in [0.5, 0.6) is 0 Å². The maximum Gasteiger partial charge on any atom is 0.494 e. The number of rotatable bonds is 4. The van der Waals surface area contributed by atoms with Crippen LogP contribution in [0, 0.1) is 0 Å². The topological polar surface area (TPSA) is 18.5 Å². The summed E-state index contributed by atoms with van der Waals surface area (Å²) in [5.74, 6) is 0.128. The molecule has 1 fully saturated rings. The van der Waals surface area contributed by atoms with Gasteiger partial charge in [-0.25, -0.2) is 0 Å². The molecule has 0 spiro atoms. The summed E-state index contributed by atoms with van der Waals surface area (Å²) >= 11 is 0. The Labute approximate surface area is 157 Å². The van der Waals surface area contributed by atoms with Gasteiger partial charge in [0.2, 0.25) is 0 Å². The van der Waals surface area contributed by atoms with E-state index in [1.807, 2.05) is 18.2 Å². The highest BCUT2D eigenvalue weighted by molar-refractivity contribution is 7.73. The third-order valence-corrected chi connectivity index (χ3v) is 7.22. The lowest BCUT2D eigenvalue weighted by Gasteiger charge is -2.37. The largest absolute Gasteiger partial charge is 0.494 e. The molecule has 0 aromatic heterocycles. The van der Waals surface area contributed by atoms with Crippen LogP contribution in [0.1, 0.15) is 13.3 Å². The van der Waals surface area contributed by atoms with Gasteiger partial charge in [0.25, 0.3) is 0 Å². The fraction of sp³-hybridized carbons (Fsp3) is 0.182. The molecule has 1 aliphatic rings. The van der Waals surface area contributed by atoms with Crippen LogP contribution in [0.2, 0.25) is 0 Å². The minimum absolute atomic E-state index is 0.128. The second-order valence-corrected chi connectivity index (χ2v) is 8.91. The van der Waals surface area contributed by atoms with E-state index in [0.717, 1.165) is 11.9 Å². The van der Waals surface area contributed by atoms with Crippen molar-refractivity contribution >= 4 is 31.1 Å². The summed E-state index contributed by atoms with van der Waals surface area (Å²) < 4.78 is 12.6. The first-order valence-corrected chi connectivity index (χ1v) is 10.5. The molecule has 26 heavy (non-hydrogen) atoms. The molecule has 4 rings (SSSR count). The lowest BCUT2D eigenvalue weighted by molar-refractivity contribution is 0.0692. The Morgan fingerprint density at radius 3 is 1.77 bits per heavy atom. The summed E-state index contributed by atoms with van der Waals surface area (Å²) in [5.41, 5.74) is 1.08. The average molecular weight is 360 g/mol. The predicted octanol–water partition coefficient (Wildman–Crippen LogP) is 3.67. The molecule has 130 valence electrons. The Bertz CT molecular complexity index is 774. The molecule has 2 unspecified atom stereocenters. The number of hydrogen-bond donors (Lipinski definition) is 0. The SMILES string of the molecule is CC1CC(P(c2ccccc2)c2ccccc2)OB(c2ccccc2)O1. The molecule has 3 aromatic carbocycles. The monoisotopic (exact) mass is 360 g/mol. The molecule has 0 saturated carbocycles. The first-order valence-electron chi connectivity index (χ1n) is 9.06. The van der Waals surface area contributed by atoms with Gasteiger partial charge >= 0.3 is 7.12 Å². The Morgan fingerprint density at radius 2 is 1.23 bits per heavy atom. The van der Waals surface area contributed by atoms with Crippen molar-refractivity contribution < 1.29 is 9.31 Å². The van der Waals surface area contributed by atoms with Gasteiger partial charge in [0.1, 0.15) is 0 Å². The fourth-order valence-corrected chi connectivity index (χ4v) is 6.06. The van der Waals surface area contributed by atoms with Gasteiger partial charge < -0.3 is 9.31 Å². The van der Waals surface area contributed by atoms with Crippen molar-refractivity contribution in [3.8, 4) is 0 Å². The van der Waals surface area contributed by atoms with E-state index in [2.05, 4.69) is 79.7 Å². The van der Waals surface area contributed by atoms with Crippen molar-refractivity contribution in [3.05, 3.63) is 91.0 Å². The van der Waals surface area contributed by atoms with Crippen molar-refractivity contribution in [3.63, 3.8) is 0 Å². The number of benzene rings is 3. The van der Waals surface area contributed by atoms with Crippen LogP contribution in [-0.2, 0) is 9.31 Å². The Kier molecular flexibility index (Phi) is 5.50. The first kappa shape index (κ1) is 17.5. The van der Waals surface area contributed by atoms with Gasteiger partial charge in [0, 0.05) is 12.5 Å². The minimum Gasteiger partial charge on any atom is -0.405 e. The van der Waals surface area contributed by atoms with E-state index < -0.39 is 7.92 Å². The standard InChI is InChI=1S/C22H22BO2P/c1-18-17-22(25-23(24-18)19-11-5-2-6-12-19)26(20-13-7-3-8-14-20)21-15-9-4-10-16-21/h2-16,18,22H,17H2,1H3. The molecule has 0 bridgehead atoms. The van der Waals surface area contributed by atoms with Crippen molar-refractivity contribution in [2.45, 2.75) is 25.3 Å². The normalized spacial score (nSPS) is 20.3. The zero-order valence-corrected chi connectivity index (χ0v) is 15.8. The van der Waals surface area contributed by atoms with Gasteiger partial charge in [0.05, 0.1) is 5.85 Å². The van der Waals surface area contributed by atoms with E-state index in [-0.39, 0.29) is 19.1 Å². The highest BCUT2D eigenvalue weighted by Crippen LogP contribution is 2.44. The van der Waals surface area contributed by atoms with E-state index in [1.54, 1.807) is 0 Å². The third-order valence-electron chi connectivity index (χ3n) is 4.60. The van der Waals surface area contributed by atoms with Crippen molar-refractivity contribution in [1.29, 1.82) is 0 Å². The van der Waals surface area contributed by atoms with Crippen LogP contribution in [-0.4, -0.2) is 19.1 Å². The molecule has 0 radical (unpaired) electrons. The summed E-state index contributed by atoms with van der Waals surface area (Å²) in [6.07, 6.45) is 1.06. The molecule has 0 aliphatic carbocycles. The molecule has 2 nitrogen and oxygen atoms in total. The first-order chi connectivity index (χ1) is 12.8. The van der Waals surface area contributed by atoms with Crippen LogP contribution in [0.25, 0.3) is 0 Å². The second-order valence-electron chi connectivity index (χ2n) is 6.56. The van der Waals surface area contributed by atoms with Crippen molar-refractivity contribution in [1.82, 2.24) is 0 Å². The Morgan fingerprint density at radius 1 is 0.731 bits per heavy atom. The fourth-order valence-electron chi connectivity index (χ4n) is 3.37. The molecular weight excluding hydrogens is 338 g/mol. The van der Waals surface area contributed by atoms with Crippen LogP contribution in [0.3, 0.4) is 0 Å². The molecule has 4 heteroatoms. The Balaban J connectivity index is 1.69. The van der Waals surface area contributed by atoms with Crippen LogP contribution in [0.15, 0.2) is 91.0 Å². The summed E-state index contributed by atoms with van der Waals surface area (Å²) in [6.45, 7) is 2.15. The molecule has 0 N–H and O–H groups in total. The van der Waals surface area contributed by atoms with Gasteiger partial charge in [-0.05, 0) is 30.9 Å². The molecule has 1 aliphatic heterocycles. The molecule has 3 aromatic rings. The molecular formula is C22H22BO2P. The van der Waals surface area contributed by atoms with Crippen molar-refractivity contribution in [2.24, 2.45) is 0 Å². The second kappa shape index (κ2) is 8.18. The van der Waals surface area contributed by atoms with Crippen LogP contribution < -0.4 is 16.1 Å². The molecule has 1 heterocycles. The smallest absolute Gasteiger partial charge is 0.405 e. The zero-order chi connectivity index (χ0) is 17.8. The highest BCUT2D eigenvalue weighted by atomic mass is 31.1.